The fourth-order valence-corrected chi connectivity index (χ4v) is 4.93. The monoisotopic (exact) mass is 501 g/mol. The number of unbranched alkanes of at least 4 members (excludes halogenated alkanes) is 1. The van der Waals surface area contributed by atoms with Gasteiger partial charge < -0.3 is 19.4 Å². The molecule has 1 fully saturated rings. The molecule has 36 heavy (non-hydrogen) atoms. The number of hydrogen-bond acceptors (Lipinski definition) is 5. The molecule has 1 aromatic carbocycles. The van der Waals surface area contributed by atoms with E-state index in [1.807, 2.05) is 22.6 Å². The van der Waals surface area contributed by atoms with Crippen molar-refractivity contribution in [1.29, 1.82) is 0 Å². The topological polar surface area (TPSA) is 53.8 Å². The van der Waals surface area contributed by atoms with Crippen LogP contribution >= 0.6 is 0 Å². The standard InChI is InChI=1S/C28H44FN5O2/c1-6-8-11-23(7-2)28(35)33(14-10-19-36-5)21-26-22(3)30-34(25-13-9-12-24(29)20-25)27(26)32-17-15-31(4)16-18-32/h9,12-13,20,23H,6-8,10-11,14-19,21H2,1-5H3. The maximum atomic E-state index is 14.2. The maximum absolute atomic E-state index is 14.2. The highest BCUT2D eigenvalue weighted by Crippen LogP contribution is 2.31. The van der Waals surface area contributed by atoms with E-state index in [9.17, 15) is 9.18 Å². The predicted molar refractivity (Wildman–Crippen MR) is 143 cm³/mol. The first-order chi connectivity index (χ1) is 17.4. The van der Waals surface area contributed by atoms with Gasteiger partial charge >= 0.3 is 0 Å². The summed E-state index contributed by atoms with van der Waals surface area (Å²) in [4.78, 5) is 20.4. The molecule has 8 heteroatoms. The van der Waals surface area contributed by atoms with Crippen molar-refractivity contribution in [2.75, 3.05) is 58.4 Å². The number of ether oxygens (including phenoxy) is 1. The minimum atomic E-state index is -0.287. The SMILES string of the molecule is CCCCC(CC)C(=O)N(CCCOC)Cc1c(C)nn(-c2cccc(F)c2)c1N1CCN(C)CC1. The molecular weight excluding hydrogens is 457 g/mol. The van der Waals surface area contributed by atoms with Crippen LogP contribution in [0.1, 0.15) is 57.2 Å². The smallest absolute Gasteiger partial charge is 0.225 e. The van der Waals surface area contributed by atoms with Crippen molar-refractivity contribution in [3.8, 4) is 5.69 Å². The van der Waals surface area contributed by atoms with Gasteiger partial charge in [0.15, 0.2) is 0 Å². The van der Waals surface area contributed by atoms with Gasteiger partial charge in [-0.3, -0.25) is 4.79 Å². The van der Waals surface area contributed by atoms with E-state index < -0.39 is 0 Å². The van der Waals surface area contributed by atoms with Crippen molar-refractivity contribution < 1.29 is 13.9 Å². The van der Waals surface area contributed by atoms with Crippen LogP contribution in [-0.4, -0.2) is 79.0 Å². The molecule has 0 saturated carbocycles. The molecule has 1 amide bonds. The maximum Gasteiger partial charge on any atom is 0.225 e. The number of halogens is 1. The molecule has 1 aliphatic heterocycles. The fourth-order valence-electron chi connectivity index (χ4n) is 4.93. The second kappa shape index (κ2) is 13.7. The lowest BCUT2D eigenvalue weighted by molar-refractivity contribution is -0.136. The summed E-state index contributed by atoms with van der Waals surface area (Å²) in [7, 11) is 3.83. The third-order valence-corrected chi connectivity index (χ3v) is 7.20. The largest absolute Gasteiger partial charge is 0.385 e. The van der Waals surface area contributed by atoms with Crippen LogP contribution in [-0.2, 0) is 16.1 Å². The van der Waals surface area contributed by atoms with Crippen molar-refractivity contribution in [2.24, 2.45) is 5.92 Å². The number of anilines is 1. The van der Waals surface area contributed by atoms with Gasteiger partial charge in [-0.25, -0.2) is 9.07 Å². The molecule has 3 rings (SSSR count). The number of carbonyl (C=O) groups excluding carboxylic acids is 1. The first kappa shape index (κ1) is 28.1. The Balaban J connectivity index is 2.00. The number of aryl methyl sites for hydroxylation is 1. The minimum Gasteiger partial charge on any atom is -0.385 e. The average Bonchev–Trinajstić information content (AvgIpc) is 3.20. The summed E-state index contributed by atoms with van der Waals surface area (Å²) in [5.74, 6) is 0.921. The zero-order valence-electron chi connectivity index (χ0n) is 22.8. The van der Waals surface area contributed by atoms with Crippen molar-refractivity contribution >= 4 is 11.7 Å². The Kier molecular flexibility index (Phi) is 10.7. The van der Waals surface area contributed by atoms with Gasteiger partial charge in [0.2, 0.25) is 5.91 Å². The van der Waals surface area contributed by atoms with Crippen LogP contribution in [0.15, 0.2) is 24.3 Å². The third kappa shape index (κ3) is 7.07. The Morgan fingerprint density at radius 1 is 1.19 bits per heavy atom. The van der Waals surface area contributed by atoms with E-state index in [2.05, 4.69) is 30.7 Å². The summed E-state index contributed by atoms with van der Waals surface area (Å²) < 4.78 is 21.3. The van der Waals surface area contributed by atoms with Gasteiger partial charge in [-0.2, -0.15) is 5.10 Å². The molecule has 200 valence electrons. The summed E-state index contributed by atoms with van der Waals surface area (Å²) in [6.45, 7) is 11.6. The van der Waals surface area contributed by atoms with Crippen molar-refractivity contribution in [3.05, 3.63) is 41.3 Å². The quantitative estimate of drug-likeness (QED) is 0.374. The molecule has 0 aliphatic carbocycles. The number of hydrogen-bond donors (Lipinski definition) is 0. The highest BCUT2D eigenvalue weighted by atomic mass is 19.1. The molecule has 7 nitrogen and oxygen atoms in total. The highest BCUT2D eigenvalue weighted by molar-refractivity contribution is 5.79. The minimum absolute atomic E-state index is 0.0261. The molecule has 1 atom stereocenters. The lowest BCUT2D eigenvalue weighted by atomic mass is 9.97. The van der Waals surface area contributed by atoms with Crippen molar-refractivity contribution in [3.63, 3.8) is 0 Å². The fraction of sp³-hybridized carbons (Fsp3) is 0.643. The van der Waals surface area contributed by atoms with Crippen LogP contribution in [0, 0.1) is 18.7 Å². The van der Waals surface area contributed by atoms with E-state index >= 15 is 0 Å². The molecule has 1 aromatic heterocycles. The van der Waals surface area contributed by atoms with Crippen LogP contribution in [0.3, 0.4) is 0 Å². The Morgan fingerprint density at radius 3 is 2.58 bits per heavy atom. The van der Waals surface area contributed by atoms with E-state index in [0.29, 0.717) is 25.4 Å². The lowest BCUT2D eigenvalue weighted by Crippen LogP contribution is -2.46. The first-order valence-corrected chi connectivity index (χ1v) is 13.4. The number of rotatable bonds is 13. The van der Waals surface area contributed by atoms with E-state index in [1.54, 1.807) is 13.2 Å². The predicted octanol–water partition coefficient (Wildman–Crippen LogP) is 4.65. The summed E-state index contributed by atoms with van der Waals surface area (Å²) >= 11 is 0. The summed E-state index contributed by atoms with van der Waals surface area (Å²) in [5, 5.41) is 4.87. The Hall–Kier alpha value is -2.45. The van der Waals surface area contributed by atoms with Crippen LogP contribution < -0.4 is 4.90 Å². The van der Waals surface area contributed by atoms with Crippen LogP contribution in [0.2, 0.25) is 0 Å². The number of likely N-dealkylation sites (N-methyl/N-ethyl adjacent to an activating group) is 1. The van der Waals surface area contributed by atoms with Gasteiger partial charge in [0, 0.05) is 57.9 Å². The number of benzene rings is 1. The van der Waals surface area contributed by atoms with Crippen molar-refractivity contribution in [1.82, 2.24) is 19.6 Å². The van der Waals surface area contributed by atoms with E-state index in [-0.39, 0.29) is 17.6 Å². The first-order valence-electron chi connectivity index (χ1n) is 13.4. The summed E-state index contributed by atoms with van der Waals surface area (Å²) in [5.41, 5.74) is 2.61. The lowest BCUT2D eigenvalue weighted by Gasteiger charge is -2.35. The second-order valence-corrected chi connectivity index (χ2v) is 9.92. The Labute approximate surface area is 216 Å². The second-order valence-electron chi connectivity index (χ2n) is 9.92. The van der Waals surface area contributed by atoms with Crippen LogP contribution in [0.5, 0.6) is 0 Å². The Morgan fingerprint density at radius 2 is 1.94 bits per heavy atom. The zero-order chi connectivity index (χ0) is 26.1. The van der Waals surface area contributed by atoms with Gasteiger partial charge in [-0.05, 0) is 51.4 Å². The van der Waals surface area contributed by atoms with E-state index in [0.717, 1.165) is 75.4 Å². The van der Waals surface area contributed by atoms with Crippen LogP contribution in [0.25, 0.3) is 5.69 Å². The summed E-state index contributed by atoms with van der Waals surface area (Å²) in [6.07, 6.45) is 4.68. The normalized spacial score (nSPS) is 15.3. The molecule has 2 aromatic rings. The van der Waals surface area contributed by atoms with Crippen molar-refractivity contribution in [2.45, 2.75) is 59.4 Å². The summed E-state index contributed by atoms with van der Waals surface area (Å²) in [6, 6.07) is 6.58. The molecule has 2 heterocycles. The zero-order valence-corrected chi connectivity index (χ0v) is 22.8. The molecular formula is C28H44FN5O2. The number of carbonyl (C=O) groups is 1. The average molecular weight is 502 g/mol. The third-order valence-electron chi connectivity index (χ3n) is 7.20. The van der Waals surface area contributed by atoms with Crippen LogP contribution in [0.4, 0.5) is 10.2 Å². The molecule has 0 radical (unpaired) electrons. The molecule has 1 saturated heterocycles. The molecule has 1 aliphatic rings. The van der Waals surface area contributed by atoms with Gasteiger partial charge in [0.1, 0.15) is 11.6 Å². The number of methoxy groups -OCH3 is 1. The van der Waals surface area contributed by atoms with Gasteiger partial charge in [-0.1, -0.05) is 32.8 Å². The molecule has 1 unspecified atom stereocenters. The highest BCUT2D eigenvalue weighted by Gasteiger charge is 2.29. The Bertz CT molecular complexity index is 971. The van der Waals surface area contributed by atoms with Gasteiger partial charge in [0.05, 0.1) is 17.9 Å². The molecule has 0 spiro atoms. The van der Waals surface area contributed by atoms with Gasteiger partial charge in [-0.15, -0.1) is 0 Å². The number of nitrogens with zero attached hydrogens (tertiary/aromatic N) is 5. The number of piperazine rings is 1. The molecule has 0 bridgehead atoms. The van der Waals surface area contributed by atoms with E-state index in [1.165, 1.54) is 12.1 Å². The molecule has 0 N–H and O–H groups in total. The van der Waals surface area contributed by atoms with E-state index in [4.69, 9.17) is 9.84 Å². The number of aromatic nitrogens is 2. The van der Waals surface area contributed by atoms with Gasteiger partial charge in [0.25, 0.3) is 0 Å². The number of amides is 1.